The molecule has 0 bridgehead atoms. The molecule has 0 aliphatic rings. The minimum atomic E-state index is -0.860. The lowest BCUT2D eigenvalue weighted by Gasteiger charge is -2.03. The fraction of sp³-hybridized carbons (Fsp3) is 0.308. The van der Waals surface area contributed by atoms with Crippen LogP contribution in [0, 0.1) is 0 Å². The van der Waals surface area contributed by atoms with E-state index >= 15 is 0 Å². The van der Waals surface area contributed by atoms with Crippen LogP contribution in [0.25, 0.3) is 0 Å². The molecule has 0 radical (unpaired) electrons. The molecule has 1 aromatic carbocycles. The Hall–Kier alpha value is -2.17. The van der Waals surface area contributed by atoms with Crippen LogP contribution in [0.5, 0.6) is 0 Å². The Balaban J connectivity index is 2.76. The molecule has 18 heavy (non-hydrogen) atoms. The molecule has 0 amide bonds. The lowest BCUT2D eigenvalue weighted by molar-refractivity contribution is -0.153. The van der Waals surface area contributed by atoms with Gasteiger partial charge in [0, 0.05) is 6.42 Å². The van der Waals surface area contributed by atoms with Crippen LogP contribution in [0.4, 0.5) is 0 Å². The number of carbonyl (C=O) groups excluding carboxylic acids is 3. The lowest BCUT2D eigenvalue weighted by atomic mass is 10.1. The quantitative estimate of drug-likeness (QED) is 0.579. The number of esters is 2. The standard InChI is InChI=1S/C13H14O5/c1-3-18-13(16)11(14)8-9-5-4-6-10(7-9)12(15)17-2/h4-7H,3,8H2,1-2H3. The van der Waals surface area contributed by atoms with Crippen molar-refractivity contribution >= 4 is 17.7 Å². The number of benzene rings is 1. The van der Waals surface area contributed by atoms with Gasteiger partial charge in [0.25, 0.3) is 0 Å². The maximum atomic E-state index is 11.5. The molecule has 0 N–H and O–H groups in total. The summed E-state index contributed by atoms with van der Waals surface area (Å²) < 4.78 is 9.16. The van der Waals surface area contributed by atoms with Gasteiger partial charge < -0.3 is 9.47 Å². The predicted molar refractivity (Wildman–Crippen MR) is 63.1 cm³/mol. The molecule has 1 aromatic rings. The zero-order chi connectivity index (χ0) is 13.5. The van der Waals surface area contributed by atoms with E-state index in [9.17, 15) is 14.4 Å². The fourth-order valence-electron chi connectivity index (χ4n) is 1.40. The molecule has 0 fully saturated rings. The van der Waals surface area contributed by atoms with Gasteiger partial charge in [-0.3, -0.25) is 4.79 Å². The van der Waals surface area contributed by atoms with Crippen LogP contribution in [0.15, 0.2) is 24.3 Å². The summed E-state index contributed by atoms with van der Waals surface area (Å²) in [6.45, 7) is 1.79. The first-order valence-electron chi connectivity index (χ1n) is 5.45. The predicted octanol–water partition coefficient (Wildman–Crippen LogP) is 1.15. The number of hydrogen-bond acceptors (Lipinski definition) is 5. The summed E-state index contributed by atoms with van der Waals surface area (Å²) >= 11 is 0. The topological polar surface area (TPSA) is 69.7 Å². The summed E-state index contributed by atoms with van der Waals surface area (Å²) in [5, 5.41) is 0. The molecule has 5 heteroatoms. The Morgan fingerprint density at radius 3 is 2.56 bits per heavy atom. The third-order valence-electron chi connectivity index (χ3n) is 2.22. The average Bonchev–Trinajstić information content (AvgIpc) is 2.38. The zero-order valence-electron chi connectivity index (χ0n) is 10.3. The van der Waals surface area contributed by atoms with Crippen LogP contribution in [-0.4, -0.2) is 31.4 Å². The number of ether oxygens (including phenoxy) is 2. The van der Waals surface area contributed by atoms with Crippen molar-refractivity contribution in [3.8, 4) is 0 Å². The van der Waals surface area contributed by atoms with Crippen LogP contribution >= 0.6 is 0 Å². The number of methoxy groups -OCH3 is 1. The Morgan fingerprint density at radius 1 is 1.22 bits per heavy atom. The van der Waals surface area contributed by atoms with Crippen LogP contribution in [-0.2, 0) is 25.5 Å². The first-order chi connectivity index (χ1) is 8.58. The molecule has 5 nitrogen and oxygen atoms in total. The fourth-order valence-corrected chi connectivity index (χ4v) is 1.40. The molecule has 0 heterocycles. The Kier molecular flexibility index (Phi) is 5.05. The Bertz CT molecular complexity index is 464. The molecular weight excluding hydrogens is 236 g/mol. The first kappa shape index (κ1) is 13.9. The third kappa shape index (κ3) is 3.69. The number of hydrogen-bond donors (Lipinski definition) is 0. The van der Waals surface area contributed by atoms with Gasteiger partial charge in [-0.25, -0.2) is 9.59 Å². The lowest BCUT2D eigenvalue weighted by Crippen LogP contribution is -2.19. The number of carbonyl (C=O) groups is 3. The highest BCUT2D eigenvalue weighted by Crippen LogP contribution is 2.08. The maximum absolute atomic E-state index is 11.5. The van der Waals surface area contributed by atoms with E-state index in [4.69, 9.17) is 0 Å². The summed E-state index contributed by atoms with van der Waals surface area (Å²) in [5.74, 6) is -1.99. The second kappa shape index (κ2) is 6.54. The van der Waals surface area contributed by atoms with Crippen molar-refractivity contribution in [1.82, 2.24) is 0 Å². The summed E-state index contributed by atoms with van der Waals surface area (Å²) in [6, 6.07) is 6.37. The second-order valence-electron chi connectivity index (χ2n) is 3.51. The minimum absolute atomic E-state index is 0.0936. The normalized spacial score (nSPS) is 9.67. The second-order valence-corrected chi connectivity index (χ2v) is 3.51. The van der Waals surface area contributed by atoms with E-state index in [1.165, 1.54) is 13.2 Å². The van der Waals surface area contributed by atoms with E-state index in [-0.39, 0.29) is 13.0 Å². The van der Waals surface area contributed by atoms with Crippen molar-refractivity contribution in [2.24, 2.45) is 0 Å². The highest BCUT2D eigenvalue weighted by atomic mass is 16.5. The van der Waals surface area contributed by atoms with Gasteiger partial charge >= 0.3 is 11.9 Å². The largest absolute Gasteiger partial charge is 0.465 e. The first-order valence-corrected chi connectivity index (χ1v) is 5.45. The molecule has 0 aliphatic carbocycles. The summed E-state index contributed by atoms with van der Waals surface area (Å²) in [7, 11) is 1.28. The zero-order valence-corrected chi connectivity index (χ0v) is 10.3. The molecule has 0 spiro atoms. The van der Waals surface area contributed by atoms with Crippen LogP contribution in [0.2, 0.25) is 0 Å². The SMILES string of the molecule is CCOC(=O)C(=O)Cc1cccc(C(=O)OC)c1. The molecule has 0 aliphatic heterocycles. The van der Waals surface area contributed by atoms with Crippen molar-refractivity contribution in [1.29, 1.82) is 0 Å². The molecule has 0 saturated heterocycles. The van der Waals surface area contributed by atoms with Gasteiger partial charge in [0.1, 0.15) is 0 Å². The van der Waals surface area contributed by atoms with Gasteiger partial charge in [-0.15, -0.1) is 0 Å². The van der Waals surface area contributed by atoms with Crippen molar-refractivity contribution in [2.45, 2.75) is 13.3 Å². The van der Waals surface area contributed by atoms with Gasteiger partial charge in [-0.2, -0.15) is 0 Å². The van der Waals surface area contributed by atoms with Crippen molar-refractivity contribution in [3.63, 3.8) is 0 Å². The Morgan fingerprint density at radius 2 is 1.94 bits per heavy atom. The smallest absolute Gasteiger partial charge is 0.374 e. The van der Waals surface area contributed by atoms with Crippen molar-refractivity contribution in [2.75, 3.05) is 13.7 Å². The number of ketones is 1. The molecule has 0 saturated carbocycles. The highest BCUT2D eigenvalue weighted by Gasteiger charge is 2.16. The van der Waals surface area contributed by atoms with Crippen molar-refractivity contribution < 1.29 is 23.9 Å². The van der Waals surface area contributed by atoms with E-state index in [1.807, 2.05) is 0 Å². The van der Waals surface area contributed by atoms with E-state index in [1.54, 1.807) is 25.1 Å². The monoisotopic (exact) mass is 250 g/mol. The molecule has 96 valence electrons. The Labute approximate surface area is 105 Å². The average molecular weight is 250 g/mol. The van der Waals surface area contributed by atoms with Crippen LogP contribution in [0.3, 0.4) is 0 Å². The molecule has 1 rings (SSSR count). The van der Waals surface area contributed by atoms with Crippen molar-refractivity contribution in [3.05, 3.63) is 35.4 Å². The van der Waals surface area contributed by atoms with E-state index in [0.29, 0.717) is 11.1 Å². The molecule has 0 aromatic heterocycles. The van der Waals surface area contributed by atoms with Gasteiger partial charge in [0.15, 0.2) is 0 Å². The summed E-state index contributed by atoms with van der Waals surface area (Å²) in [4.78, 5) is 33.9. The van der Waals surface area contributed by atoms with E-state index in [2.05, 4.69) is 9.47 Å². The van der Waals surface area contributed by atoms with Gasteiger partial charge in [-0.05, 0) is 24.6 Å². The van der Waals surface area contributed by atoms with Crippen LogP contribution < -0.4 is 0 Å². The van der Waals surface area contributed by atoms with Gasteiger partial charge in [0.05, 0.1) is 19.3 Å². The van der Waals surface area contributed by atoms with Gasteiger partial charge in [0.2, 0.25) is 5.78 Å². The third-order valence-corrected chi connectivity index (χ3v) is 2.22. The summed E-state index contributed by atoms with van der Waals surface area (Å²) in [5.41, 5.74) is 0.905. The minimum Gasteiger partial charge on any atom is -0.465 e. The number of Topliss-reactive ketones (excluding diaryl/α,β-unsaturated/α-hetero) is 1. The molecule has 0 atom stereocenters. The van der Waals surface area contributed by atoms with Gasteiger partial charge in [-0.1, -0.05) is 12.1 Å². The summed E-state index contributed by atoms with van der Waals surface area (Å²) in [6.07, 6.45) is -0.0936. The number of rotatable bonds is 5. The molecule has 0 unspecified atom stereocenters. The van der Waals surface area contributed by atoms with E-state index < -0.39 is 17.7 Å². The highest BCUT2D eigenvalue weighted by molar-refractivity contribution is 6.34. The van der Waals surface area contributed by atoms with E-state index in [0.717, 1.165) is 0 Å². The molecular formula is C13H14O5. The maximum Gasteiger partial charge on any atom is 0.374 e. The van der Waals surface area contributed by atoms with Crippen LogP contribution in [0.1, 0.15) is 22.8 Å².